The molecule has 1 rings (SSSR count). The average Bonchev–Trinajstić information content (AvgIpc) is 2.13. The van der Waals surface area contributed by atoms with Crippen LogP contribution in [0.5, 0.6) is 0 Å². The smallest absolute Gasteiger partial charge is 0.410 e. The first-order valence-electron chi connectivity index (χ1n) is 6.02. The first-order chi connectivity index (χ1) is 7.64. The summed E-state index contributed by atoms with van der Waals surface area (Å²) >= 11 is 0. The summed E-state index contributed by atoms with van der Waals surface area (Å²) in [6.45, 7) is 6.56. The number of hydrogen-bond acceptors (Lipinski definition) is 2. The first kappa shape index (κ1) is 14.2. The van der Waals surface area contributed by atoms with E-state index in [-0.39, 0.29) is 12.5 Å². The molecular formula is C12H21F2NO2. The summed E-state index contributed by atoms with van der Waals surface area (Å²) in [7, 11) is 0. The normalized spacial score (nSPS) is 24.6. The van der Waals surface area contributed by atoms with E-state index in [0.29, 0.717) is 12.8 Å². The van der Waals surface area contributed by atoms with E-state index in [1.165, 1.54) is 4.90 Å². The van der Waals surface area contributed by atoms with E-state index < -0.39 is 24.2 Å². The maximum absolute atomic E-state index is 13.3. The predicted octanol–water partition coefficient (Wildman–Crippen LogP) is 3.43. The molecule has 1 atom stereocenters. The van der Waals surface area contributed by atoms with Gasteiger partial charge in [-0.3, -0.25) is 4.90 Å². The number of likely N-dealkylation sites (tertiary alicyclic amines) is 1. The van der Waals surface area contributed by atoms with Crippen molar-refractivity contribution >= 4 is 6.09 Å². The lowest BCUT2D eigenvalue weighted by molar-refractivity contribution is -0.0856. The average molecular weight is 249 g/mol. The lowest BCUT2D eigenvalue weighted by Crippen LogP contribution is -2.52. The van der Waals surface area contributed by atoms with Gasteiger partial charge in [-0.1, -0.05) is 6.92 Å². The molecule has 0 saturated carbocycles. The molecule has 0 bridgehead atoms. The third kappa shape index (κ3) is 4.13. The summed E-state index contributed by atoms with van der Waals surface area (Å²) in [4.78, 5) is 13.0. The molecule has 1 unspecified atom stereocenters. The second kappa shape index (κ2) is 4.78. The second-order valence-corrected chi connectivity index (χ2v) is 5.56. The van der Waals surface area contributed by atoms with Crippen LogP contribution in [0.15, 0.2) is 0 Å². The number of carbonyl (C=O) groups is 1. The van der Waals surface area contributed by atoms with Crippen molar-refractivity contribution in [3.63, 3.8) is 0 Å². The second-order valence-electron chi connectivity index (χ2n) is 5.56. The summed E-state index contributed by atoms with van der Waals surface area (Å²) in [6.07, 6.45) is 0.229. The van der Waals surface area contributed by atoms with Gasteiger partial charge in [0.1, 0.15) is 5.60 Å². The molecule has 5 heteroatoms. The summed E-state index contributed by atoms with van der Waals surface area (Å²) in [5, 5.41) is 0. The van der Waals surface area contributed by atoms with Crippen molar-refractivity contribution < 1.29 is 18.3 Å². The summed E-state index contributed by atoms with van der Waals surface area (Å²) in [6, 6.07) is -0.135. The lowest BCUT2D eigenvalue weighted by atomic mass is 9.98. The summed E-state index contributed by atoms with van der Waals surface area (Å²) in [5.41, 5.74) is -0.651. The molecule has 17 heavy (non-hydrogen) atoms. The van der Waals surface area contributed by atoms with Gasteiger partial charge in [-0.15, -0.1) is 0 Å². The van der Waals surface area contributed by atoms with E-state index in [1.54, 1.807) is 20.8 Å². The highest BCUT2D eigenvalue weighted by atomic mass is 19.3. The van der Waals surface area contributed by atoms with Gasteiger partial charge in [-0.05, 0) is 33.6 Å². The van der Waals surface area contributed by atoms with Gasteiger partial charge in [0.15, 0.2) is 0 Å². The predicted molar refractivity (Wildman–Crippen MR) is 61.2 cm³/mol. The zero-order chi connectivity index (χ0) is 13.3. The highest BCUT2D eigenvalue weighted by molar-refractivity contribution is 5.68. The first-order valence-corrected chi connectivity index (χ1v) is 6.02. The third-order valence-corrected chi connectivity index (χ3v) is 2.79. The Morgan fingerprint density at radius 2 is 2.06 bits per heavy atom. The fourth-order valence-electron chi connectivity index (χ4n) is 1.95. The molecular weight excluding hydrogens is 228 g/mol. The Morgan fingerprint density at radius 1 is 1.47 bits per heavy atom. The summed E-state index contributed by atoms with van der Waals surface area (Å²) in [5.74, 6) is -2.79. The summed E-state index contributed by atoms with van der Waals surface area (Å²) < 4.78 is 31.8. The number of rotatable bonds is 1. The molecule has 1 fully saturated rings. The van der Waals surface area contributed by atoms with Gasteiger partial charge in [0.25, 0.3) is 5.92 Å². The van der Waals surface area contributed by atoms with Crippen molar-refractivity contribution in [2.45, 2.75) is 64.5 Å². The van der Waals surface area contributed by atoms with Crippen LogP contribution in [0.3, 0.4) is 0 Å². The van der Waals surface area contributed by atoms with Gasteiger partial charge >= 0.3 is 6.09 Å². The molecule has 3 nitrogen and oxygen atoms in total. The standard InChI is InChI=1S/C12H21F2NO2/c1-5-9-6-7-12(13,14)8-15(9)10(16)17-11(2,3)4/h9H,5-8H2,1-4H3. The van der Waals surface area contributed by atoms with Crippen molar-refractivity contribution in [1.29, 1.82) is 0 Å². The van der Waals surface area contributed by atoms with E-state index in [2.05, 4.69) is 0 Å². The monoisotopic (exact) mass is 249 g/mol. The molecule has 1 aliphatic heterocycles. The fraction of sp³-hybridized carbons (Fsp3) is 0.917. The van der Waals surface area contributed by atoms with Gasteiger partial charge < -0.3 is 4.74 Å². The largest absolute Gasteiger partial charge is 0.444 e. The molecule has 0 aromatic heterocycles. The van der Waals surface area contributed by atoms with Crippen LogP contribution in [0.4, 0.5) is 13.6 Å². The number of amides is 1. The topological polar surface area (TPSA) is 29.5 Å². The number of carbonyl (C=O) groups excluding carboxylic acids is 1. The van der Waals surface area contributed by atoms with Crippen LogP contribution in [0.25, 0.3) is 0 Å². The van der Waals surface area contributed by atoms with Crippen LogP contribution in [0.2, 0.25) is 0 Å². The maximum atomic E-state index is 13.3. The van der Waals surface area contributed by atoms with Crippen LogP contribution >= 0.6 is 0 Å². The lowest BCUT2D eigenvalue weighted by Gasteiger charge is -2.39. The van der Waals surface area contributed by atoms with Crippen LogP contribution in [-0.4, -0.2) is 35.1 Å². The molecule has 100 valence electrons. The number of alkyl halides is 2. The van der Waals surface area contributed by atoms with Gasteiger partial charge in [0.05, 0.1) is 6.54 Å². The van der Waals surface area contributed by atoms with Crippen molar-refractivity contribution in [3.8, 4) is 0 Å². The minimum Gasteiger partial charge on any atom is -0.444 e. The maximum Gasteiger partial charge on any atom is 0.410 e. The molecule has 0 N–H and O–H groups in total. The van der Waals surface area contributed by atoms with Crippen molar-refractivity contribution in [1.82, 2.24) is 4.90 Å². The van der Waals surface area contributed by atoms with E-state index in [4.69, 9.17) is 4.74 Å². The van der Waals surface area contributed by atoms with Crippen LogP contribution in [0.1, 0.15) is 47.0 Å². The fourth-order valence-corrected chi connectivity index (χ4v) is 1.95. The zero-order valence-corrected chi connectivity index (χ0v) is 10.9. The Balaban J connectivity index is 2.73. The van der Waals surface area contributed by atoms with Gasteiger partial charge in [0, 0.05) is 12.5 Å². The van der Waals surface area contributed by atoms with E-state index >= 15 is 0 Å². The Hall–Kier alpha value is -0.870. The van der Waals surface area contributed by atoms with Gasteiger partial charge in [-0.25, -0.2) is 13.6 Å². The molecule has 0 spiro atoms. The minimum atomic E-state index is -2.79. The number of ether oxygens (including phenoxy) is 1. The molecule has 1 amide bonds. The van der Waals surface area contributed by atoms with Crippen LogP contribution in [0, 0.1) is 0 Å². The number of hydrogen-bond donors (Lipinski definition) is 0. The molecule has 0 aromatic carbocycles. The van der Waals surface area contributed by atoms with Crippen molar-refractivity contribution in [2.75, 3.05) is 6.54 Å². The Bertz CT molecular complexity index is 287. The Kier molecular flexibility index (Phi) is 3.99. The van der Waals surface area contributed by atoms with Crippen LogP contribution in [-0.2, 0) is 4.74 Å². The van der Waals surface area contributed by atoms with Gasteiger partial charge in [-0.2, -0.15) is 0 Å². The molecule has 0 aromatic rings. The van der Waals surface area contributed by atoms with E-state index in [9.17, 15) is 13.6 Å². The molecule has 1 saturated heterocycles. The van der Waals surface area contributed by atoms with Gasteiger partial charge in [0.2, 0.25) is 0 Å². The SMILES string of the molecule is CCC1CCC(F)(F)CN1C(=O)OC(C)(C)C. The Morgan fingerprint density at radius 3 is 2.53 bits per heavy atom. The molecule has 1 aliphatic rings. The Labute approximate surface area is 101 Å². The van der Waals surface area contributed by atoms with Crippen molar-refractivity contribution in [2.24, 2.45) is 0 Å². The quantitative estimate of drug-likeness (QED) is 0.712. The highest BCUT2D eigenvalue weighted by Gasteiger charge is 2.42. The number of piperidine rings is 1. The molecule has 0 radical (unpaired) electrons. The van der Waals surface area contributed by atoms with Crippen molar-refractivity contribution in [3.05, 3.63) is 0 Å². The van der Waals surface area contributed by atoms with E-state index in [0.717, 1.165) is 0 Å². The zero-order valence-electron chi connectivity index (χ0n) is 10.9. The van der Waals surface area contributed by atoms with E-state index in [1.807, 2.05) is 6.92 Å². The number of halogens is 2. The minimum absolute atomic E-state index is 0.135. The van der Waals surface area contributed by atoms with Crippen LogP contribution < -0.4 is 0 Å². The number of nitrogens with zero attached hydrogens (tertiary/aromatic N) is 1. The molecule has 1 heterocycles. The highest BCUT2D eigenvalue weighted by Crippen LogP contribution is 2.32. The molecule has 0 aliphatic carbocycles. The third-order valence-electron chi connectivity index (χ3n) is 2.79.